The van der Waals surface area contributed by atoms with E-state index in [2.05, 4.69) is 20.2 Å². The Morgan fingerprint density at radius 2 is 2.31 bits per heavy atom. The van der Waals surface area contributed by atoms with Crippen LogP contribution in [0.5, 0.6) is 0 Å². The molecule has 0 fully saturated rings. The van der Waals surface area contributed by atoms with Crippen LogP contribution in [-0.4, -0.2) is 20.2 Å². The monoisotopic (exact) mass is 172 g/mol. The van der Waals surface area contributed by atoms with Crippen molar-refractivity contribution in [1.82, 2.24) is 20.2 Å². The van der Waals surface area contributed by atoms with E-state index < -0.39 is 0 Å². The number of rotatable bonds is 0. The first-order valence-electron chi connectivity index (χ1n) is 3.75. The Morgan fingerprint density at radius 3 is 3.31 bits per heavy atom. The highest BCUT2D eigenvalue weighted by atomic mass is 16.3. The second-order valence-corrected chi connectivity index (χ2v) is 2.59. The maximum Gasteiger partial charge on any atom is 0.232 e. The third-order valence-electron chi connectivity index (χ3n) is 1.82. The van der Waals surface area contributed by atoms with Gasteiger partial charge in [0, 0.05) is 12.3 Å². The van der Waals surface area contributed by atoms with E-state index in [0.29, 0.717) is 16.8 Å². The van der Waals surface area contributed by atoms with E-state index >= 15 is 0 Å². The first-order chi connectivity index (χ1) is 6.45. The van der Waals surface area contributed by atoms with Crippen LogP contribution >= 0.6 is 0 Å². The second-order valence-electron chi connectivity index (χ2n) is 2.59. The minimum atomic E-state index is 0.547. The van der Waals surface area contributed by atoms with Crippen molar-refractivity contribution >= 4 is 22.2 Å². The summed E-state index contributed by atoms with van der Waals surface area (Å²) in [6.07, 6.45) is 4.69. The lowest BCUT2D eigenvalue weighted by atomic mass is 10.3. The molecule has 5 heteroatoms. The van der Waals surface area contributed by atoms with Gasteiger partial charge in [0.1, 0.15) is 11.8 Å². The van der Waals surface area contributed by atoms with Crippen LogP contribution in [0.4, 0.5) is 0 Å². The summed E-state index contributed by atoms with van der Waals surface area (Å²) in [6.45, 7) is 0. The van der Waals surface area contributed by atoms with Crippen molar-refractivity contribution in [3.63, 3.8) is 0 Å². The number of fused-ring (bicyclic) bond motifs is 3. The molecular formula is C8H4N4O. The lowest BCUT2D eigenvalue weighted by Gasteiger charge is -1.82. The van der Waals surface area contributed by atoms with E-state index in [1.165, 1.54) is 6.33 Å². The molecule has 0 spiro atoms. The SMILES string of the molecule is c1cc2oc3ncncc3c2nn1. The van der Waals surface area contributed by atoms with Gasteiger partial charge < -0.3 is 4.42 Å². The molecule has 0 bridgehead atoms. The Balaban J connectivity index is 2.64. The topological polar surface area (TPSA) is 64.7 Å². The normalized spacial score (nSPS) is 11.1. The van der Waals surface area contributed by atoms with Gasteiger partial charge in [-0.2, -0.15) is 5.10 Å². The van der Waals surface area contributed by atoms with Gasteiger partial charge in [-0.3, -0.25) is 0 Å². The van der Waals surface area contributed by atoms with Gasteiger partial charge in [-0.15, -0.1) is 5.10 Å². The van der Waals surface area contributed by atoms with Gasteiger partial charge in [0.25, 0.3) is 0 Å². The average Bonchev–Trinajstić information content (AvgIpc) is 2.56. The average molecular weight is 172 g/mol. The van der Waals surface area contributed by atoms with E-state index in [1.807, 2.05) is 0 Å². The van der Waals surface area contributed by atoms with Crippen LogP contribution in [0.25, 0.3) is 22.2 Å². The zero-order valence-corrected chi connectivity index (χ0v) is 6.51. The summed E-state index contributed by atoms with van der Waals surface area (Å²) < 4.78 is 5.40. The van der Waals surface area contributed by atoms with Crippen LogP contribution in [0.3, 0.4) is 0 Å². The summed E-state index contributed by atoms with van der Waals surface area (Å²) in [4.78, 5) is 7.87. The van der Waals surface area contributed by atoms with Gasteiger partial charge in [-0.05, 0) is 0 Å². The highest BCUT2D eigenvalue weighted by molar-refractivity contribution is 5.99. The Morgan fingerprint density at radius 1 is 1.31 bits per heavy atom. The fourth-order valence-electron chi connectivity index (χ4n) is 1.26. The number of hydrogen-bond donors (Lipinski definition) is 0. The molecule has 0 aromatic carbocycles. The first kappa shape index (κ1) is 6.47. The minimum absolute atomic E-state index is 0.547. The second kappa shape index (κ2) is 2.22. The van der Waals surface area contributed by atoms with Crippen LogP contribution in [0.2, 0.25) is 0 Å². The van der Waals surface area contributed by atoms with Crippen LogP contribution in [0.15, 0.2) is 29.2 Å². The van der Waals surface area contributed by atoms with Crippen molar-refractivity contribution in [1.29, 1.82) is 0 Å². The predicted octanol–water partition coefficient (Wildman–Crippen LogP) is 1.17. The number of aromatic nitrogens is 4. The van der Waals surface area contributed by atoms with E-state index in [4.69, 9.17) is 4.42 Å². The fourth-order valence-corrected chi connectivity index (χ4v) is 1.26. The van der Waals surface area contributed by atoms with Crippen LogP contribution in [0.1, 0.15) is 0 Å². The zero-order valence-electron chi connectivity index (χ0n) is 6.51. The van der Waals surface area contributed by atoms with Crippen molar-refractivity contribution in [2.24, 2.45) is 0 Å². The van der Waals surface area contributed by atoms with Crippen molar-refractivity contribution in [2.75, 3.05) is 0 Å². The van der Waals surface area contributed by atoms with Crippen molar-refractivity contribution in [2.45, 2.75) is 0 Å². The largest absolute Gasteiger partial charge is 0.436 e. The Kier molecular flexibility index (Phi) is 1.11. The number of furan rings is 1. The maximum absolute atomic E-state index is 5.40. The molecule has 0 saturated heterocycles. The summed E-state index contributed by atoms with van der Waals surface area (Å²) in [5.74, 6) is 0. The third-order valence-corrected chi connectivity index (χ3v) is 1.82. The molecule has 0 N–H and O–H groups in total. The molecule has 0 radical (unpaired) electrons. The molecule has 3 rings (SSSR count). The van der Waals surface area contributed by atoms with Crippen LogP contribution in [0, 0.1) is 0 Å². The molecule has 0 atom stereocenters. The molecule has 0 aliphatic carbocycles. The molecule has 3 aromatic rings. The molecule has 0 aliphatic rings. The maximum atomic E-state index is 5.40. The summed E-state index contributed by atoms with van der Waals surface area (Å²) >= 11 is 0. The summed E-state index contributed by atoms with van der Waals surface area (Å²) in [5.41, 5.74) is 1.94. The molecule has 62 valence electrons. The Bertz CT molecular complexity index is 524. The molecule has 3 aromatic heterocycles. The standard InChI is InChI=1S/C8H4N4O/c1-2-11-12-7-5-3-9-4-10-8(5)13-6(1)7/h1-4H. The lowest BCUT2D eigenvalue weighted by molar-refractivity contribution is 0.651. The molecule has 0 aliphatic heterocycles. The van der Waals surface area contributed by atoms with Crippen molar-refractivity contribution in [3.05, 3.63) is 24.8 Å². The van der Waals surface area contributed by atoms with Crippen LogP contribution < -0.4 is 0 Å². The first-order valence-corrected chi connectivity index (χ1v) is 3.75. The lowest BCUT2D eigenvalue weighted by Crippen LogP contribution is -1.79. The van der Waals surface area contributed by atoms with Gasteiger partial charge in [-0.25, -0.2) is 9.97 Å². The Labute approximate surface area is 72.4 Å². The molecule has 0 amide bonds. The molecular weight excluding hydrogens is 168 g/mol. The van der Waals surface area contributed by atoms with Gasteiger partial charge >= 0.3 is 0 Å². The number of nitrogens with zero attached hydrogens (tertiary/aromatic N) is 4. The van der Waals surface area contributed by atoms with Gasteiger partial charge in [-0.1, -0.05) is 0 Å². The quantitative estimate of drug-likeness (QED) is 0.509. The summed E-state index contributed by atoms with van der Waals surface area (Å²) in [5, 5.41) is 8.51. The highest BCUT2D eigenvalue weighted by Gasteiger charge is 2.07. The van der Waals surface area contributed by atoms with Crippen molar-refractivity contribution in [3.8, 4) is 0 Å². The molecule has 0 saturated carbocycles. The van der Waals surface area contributed by atoms with E-state index in [0.717, 1.165) is 5.39 Å². The van der Waals surface area contributed by atoms with Gasteiger partial charge in [0.2, 0.25) is 5.71 Å². The van der Waals surface area contributed by atoms with Gasteiger partial charge in [0.15, 0.2) is 5.58 Å². The van der Waals surface area contributed by atoms with Crippen LogP contribution in [-0.2, 0) is 0 Å². The van der Waals surface area contributed by atoms with Crippen molar-refractivity contribution < 1.29 is 4.42 Å². The fraction of sp³-hybridized carbons (Fsp3) is 0. The minimum Gasteiger partial charge on any atom is -0.436 e. The molecule has 13 heavy (non-hydrogen) atoms. The molecule has 5 nitrogen and oxygen atoms in total. The summed E-state index contributed by atoms with van der Waals surface area (Å²) in [6, 6.07) is 1.75. The number of hydrogen-bond acceptors (Lipinski definition) is 5. The third kappa shape index (κ3) is 0.807. The molecule has 3 heterocycles. The smallest absolute Gasteiger partial charge is 0.232 e. The van der Waals surface area contributed by atoms with E-state index in [-0.39, 0.29) is 0 Å². The zero-order chi connectivity index (χ0) is 8.67. The summed E-state index contributed by atoms with van der Waals surface area (Å²) in [7, 11) is 0. The molecule has 0 unspecified atom stereocenters. The van der Waals surface area contributed by atoms with E-state index in [9.17, 15) is 0 Å². The Hall–Kier alpha value is -2.04. The van der Waals surface area contributed by atoms with Gasteiger partial charge in [0.05, 0.1) is 11.6 Å². The predicted molar refractivity (Wildman–Crippen MR) is 44.9 cm³/mol. The highest BCUT2D eigenvalue weighted by Crippen LogP contribution is 2.22. The van der Waals surface area contributed by atoms with E-state index in [1.54, 1.807) is 18.5 Å².